The van der Waals surface area contributed by atoms with Gasteiger partial charge in [0.25, 0.3) is 0 Å². The molecule has 0 aliphatic heterocycles. The van der Waals surface area contributed by atoms with Crippen LogP contribution in [0.5, 0.6) is 0 Å². The van der Waals surface area contributed by atoms with Gasteiger partial charge in [0, 0.05) is 18.1 Å². The Morgan fingerprint density at radius 2 is 2.29 bits per heavy atom. The zero-order valence-corrected chi connectivity index (χ0v) is 7.55. The largest absolute Gasteiger partial charge is 0.274 e. The maximum absolute atomic E-state index is 8.72. The van der Waals surface area contributed by atoms with E-state index in [1.165, 1.54) is 0 Å². The summed E-state index contributed by atoms with van der Waals surface area (Å²) in [5.41, 5.74) is 1.13. The monoisotopic (exact) mass is 185 g/mol. The average molecular weight is 185 g/mol. The standard InChI is InChI=1S/C9H7N5/c1-7-4-8(5-10)13-9(12-7)14-3-2-11-6-14/h2-4,6H,1H3. The topological polar surface area (TPSA) is 67.4 Å². The molecule has 0 atom stereocenters. The molecule has 5 nitrogen and oxygen atoms in total. The summed E-state index contributed by atoms with van der Waals surface area (Å²) < 4.78 is 1.66. The van der Waals surface area contributed by atoms with Gasteiger partial charge in [-0.1, -0.05) is 0 Å². The Hall–Kier alpha value is -2.22. The summed E-state index contributed by atoms with van der Waals surface area (Å²) in [6, 6.07) is 3.62. The molecular formula is C9H7N5. The van der Waals surface area contributed by atoms with Crippen LogP contribution in [-0.4, -0.2) is 19.5 Å². The van der Waals surface area contributed by atoms with Gasteiger partial charge in [-0.15, -0.1) is 0 Å². The van der Waals surface area contributed by atoms with E-state index in [4.69, 9.17) is 5.26 Å². The van der Waals surface area contributed by atoms with E-state index in [1.54, 1.807) is 29.4 Å². The average Bonchev–Trinajstić information content (AvgIpc) is 2.69. The molecule has 0 N–H and O–H groups in total. The van der Waals surface area contributed by atoms with Crippen LogP contribution in [0, 0.1) is 18.3 Å². The number of nitrogens with zero attached hydrogens (tertiary/aromatic N) is 5. The number of rotatable bonds is 1. The maximum atomic E-state index is 8.72. The Kier molecular flexibility index (Phi) is 1.95. The third-order valence-corrected chi connectivity index (χ3v) is 1.69. The molecule has 5 heteroatoms. The van der Waals surface area contributed by atoms with E-state index in [0.717, 1.165) is 5.69 Å². The van der Waals surface area contributed by atoms with Gasteiger partial charge < -0.3 is 0 Å². The fraction of sp³-hybridized carbons (Fsp3) is 0.111. The molecule has 0 amide bonds. The second-order valence-corrected chi connectivity index (χ2v) is 2.78. The van der Waals surface area contributed by atoms with Crippen molar-refractivity contribution < 1.29 is 0 Å². The van der Waals surface area contributed by atoms with Crippen LogP contribution in [0.2, 0.25) is 0 Å². The molecule has 0 unspecified atom stereocenters. The van der Waals surface area contributed by atoms with Crippen molar-refractivity contribution in [2.45, 2.75) is 6.92 Å². The van der Waals surface area contributed by atoms with Crippen molar-refractivity contribution in [3.8, 4) is 12.0 Å². The van der Waals surface area contributed by atoms with E-state index in [9.17, 15) is 0 Å². The summed E-state index contributed by atoms with van der Waals surface area (Å²) in [4.78, 5) is 12.1. The van der Waals surface area contributed by atoms with Gasteiger partial charge in [0.2, 0.25) is 5.95 Å². The van der Waals surface area contributed by atoms with E-state index in [0.29, 0.717) is 11.6 Å². The highest BCUT2D eigenvalue weighted by atomic mass is 15.2. The van der Waals surface area contributed by atoms with Crippen molar-refractivity contribution in [3.63, 3.8) is 0 Å². The molecule has 0 saturated heterocycles. The van der Waals surface area contributed by atoms with Gasteiger partial charge in [0.1, 0.15) is 18.1 Å². The predicted molar refractivity (Wildman–Crippen MR) is 48.6 cm³/mol. The highest BCUT2D eigenvalue weighted by Gasteiger charge is 2.02. The SMILES string of the molecule is Cc1cc(C#N)nc(-n2ccnc2)n1. The molecule has 68 valence electrons. The predicted octanol–water partition coefficient (Wildman–Crippen LogP) is 0.842. The van der Waals surface area contributed by atoms with Gasteiger partial charge in [-0.05, 0) is 13.0 Å². The van der Waals surface area contributed by atoms with Crippen molar-refractivity contribution in [1.82, 2.24) is 19.5 Å². The van der Waals surface area contributed by atoms with E-state index < -0.39 is 0 Å². The minimum atomic E-state index is 0.362. The van der Waals surface area contributed by atoms with Crippen LogP contribution in [0.4, 0.5) is 0 Å². The van der Waals surface area contributed by atoms with Gasteiger partial charge in [-0.2, -0.15) is 5.26 Å². The summed E-state index contributed by atoms with van der Waals surface area (Å²) >= 11 is 0. The van der Waals surface area contributed by atoms with E-state index in [2.05, 4.69) is 15.0 Å². The van der Waals surface area contributed by atoms with E-state index in [1.807, 2.05) is 13.0 Å². The number of aromatic nitrogens is 4. The van der Waals surface area contributed by atoms with E-state index >= 15 is 0 Å². The smallest absolute Gasteiger partial charge is 0.236 e. The van der Waals surface area contributed by atoms with Gasteiger partial charge in [0.15, 0.2) is 0 Å². The molecule has 2 aromatic rings. The normalized spacial score (nSPS) is 9.71. The zero-order valence-electron chi connectivity index (χ0n) is 7.55. The number of aryl methyl sites for hydroxylation is 1. The van der Waals surface area contributed by atoms with Gasteiger partial charge in [0.05, 0.1) is 0 Å². The lowest BCUT2D eigenvalue weighted by Crippen LogP contribution is -2.01. The lowest BCUT2D eigenvalue weighted by atomic mass is 10.3. The third kappa shape index (κ3) is 1.45. The van der Waals surface area contributed by atoms with Crippen LogP contribution in [-0.2, 0) is 0 Å². The summed E-state index contributed by atoms with van der Waals surface area (Å²) in [7, 11) is 0. The van der Waals surface area contributed by atoms with E-state index in [-0.39, 0.29) is 0 Å². The molecule has 2 aromatic heterocycles. The summed E-state index contributed by atoms with van der Waals surface area (Å²) in [5, 5.41) is 8.72. The van der Waals surface area contributed by atoms with Crippen LogP contribution in [0.1, 0.15) is 11.4 Å². The Balaban J connectivity index is 2.55. The number of imidazole rings is 1. The molecule has 0 spiro atoms. The number of hydrogen-bond donors (Lipinski definition) is 0. The molecule has 0 aliphatic carbocycles. The maximum Gasteiger partial charge on any atom is 0.236 e. The number of hydrogen-bond acceptors (Lipinski definition) is 4. The van der Waals surface area contributed by atoms with Crippen LogP contribution >= 0.6 is 0 Å². The molecular weight excluding hydrogens is 178 g/mol. The first-order valence-corrected chi connectivity index (χ1v) is 4.04. The molecule has 0 radical (unpaired) electrons. The molecule has 2 heterocycles. The minimum Gasteiger partial charge on any atom is -0.274 e. The fourth-order valence-corrected chi connectivity index (χ4v) is 1.10. The van der Waals surface area contributed by atoms with Crippen LogP contribution in [0.15, 0.2) is 24.8 Å². The van der Waals surface area contributed by atoms with Gasteiger partial charge in [-0.25, -0.2) is 15.0 Å². The van der Waals surface area contributed by atoms with Crippen molar-refractivity contribution in [1.29, 1.82) is 5.26 Å². The second kappa shape index (κ2) is 3.26. The first kappa shape index (κ1) is 8.38. The fourth-order valence-electron chi connectivity index (χ4n) is 1.10. The second-order valence-electron chi connectivity index (χ2n) is 2.78. The van der Waals surface area contributed by atoms with Gasteiger partial charge in [-0.3, -0.25) is 4.57 Å². The molecule has 0 bridgehead atoms. The van der Waals surface area contributed by atoms with Crippen molar-refractivity contribution in [3.05, 3.63) is 36.2 Å². The summed E-state index contributed by atoms with van der Waals surface area (Å²) in [6.45, 7) is 1.82. The Morgan fingerprint density at radius 1 is 1.43 bits per heavy atom. The summed E-state index contributed by atoms with van der Waals surface area (Å²) in [6.07, 6.45) is 4.96. The first-order valence-electron chi connectivity index (χ1n) is 4.04. The van der Waals surface area contributed by atoms with Crippen LogP contribution in [0.25, 0.3) is 5.95 Å². The molecule has 0 fully saturated rings. The Morgan fingerprint density at radius 3 is 2.93 bits per heavy atom. The molecule has 0 saturated carbocycles. The van der Waals surface area contributed by atoms with Crippen molar-refractivity contribution in [2.24, 2.45) is 0 Å². The quantitative estimate of drug-likeness (QED) is 0.660. The zero-order chi connectivity index (χ0) is 9.97. The molecule has 0 aromatic carbocycles. The first-order chi connectivity index (χ1) is 6.79. The number of nitriles is 1. The lowest BCUT2D eigenvalue weighted by Gasteiger charge is -2.00. The molecule has 14 heavy (non-hydrogen) atoms. The highest BCUT2D eigenvalue weighted by Crippen LogP contribution is 2.03. The Bertz CT molecular complexity index is 480. The van der Waals surface area contributed by atoms with Crippen molar-refractivity contribution >= 4 is 0 Å². The third-order valence-electron chi connectivity index (χ3n) is 1.69. The molecule has 0 aliphatic rings. The summed E-state index contributed by atoms with van der Waals surface area (Å²) in [5.74, 6) is 0.471. The van der Waals surface area contributed by atoms with Crippen molar-refractivity contribution in [2.75, 3.05) is 0 Å². The van der Waals surface area contributed by atoms with Gasteiger partial charge >= 0.3 is 0 Å². The molecule has 2 rings (SSSR count). The van der Waals surface area contributed by atoms with Crippen LogP contribution < -0.4 is 0 Å². The Labute approximate surface area is 80.7 Å². The lowest BCUT2D eigenvalue weighted by molar-refractivity contribution is 0.903. The van der Waals surface area contributed by atoms with Crippen LogP contribution in [0.3, 0.4) is 0 Å². The highest BCUT2D eigenvalue weighted by molar-refractivity contribution is 5.26. The minimum absolute atomic E-state index is 0.362.